The number of hydrogen-bond donors (Lipinski definition) is 6. The van der Waals surface area contributed by atoms with Crippen LogP contribution >= 0.6 is 0 Å². The molecule has 0 fully saturated rings. The molecule has 0 radical (unpaired) electrons. The highest BCUT2D eigenvalue weighted by atomic mass is 16.3. The Hall–Kier alpha value is -2.17. The highest BCUT2D eigenvalue weighted by Gasteiger charge is 2.41. The lowest BCUT2D eigenvalue weighted by molar-refractivity contribution is -0.122. The lowest BCUT2D eigenvalue weighted by Crippen LogP contribution is -2.61. The first-order valence-corrected chi connectivity index (χ1v) is 7.73. The van der Waals surface area contributed by atoms with Crippen LogP contribution in [-0.2, 0) is 4.79 Å². The van der Waals surface area contributed by atoms with Crippen LogP contribution in [0.4, 0.5) is 17.5 Å². The minimum absolute atomic E-state index is 0.0683. The molecule has 0 aliphatic carbocycles. The van der Waals surface area contributed by atoms with Gasteiger partial charge in [0.25, 0.3) is 5.56 Å². The van der Waals surface area contributed by atoms with Crippen LogP contribution in [0.15, 0.2) is 4.79 Å². The standard InChI is InChI=1S/C14H24N6O4/c1-5(2)8(15)13(24)20-7(10(22)6(3)21)4-17-11-9(20)12(23)19-14(16)18-11/h5-8,10,21-22H,4,15H2,1-3H3,(H4,16,17,18,19,23). The van der Waals surface area contributed by atoms with Crippen molar-refractivity contribution in [1.29, 1.82) is 0 Å². The van der Waals surface area contributed by atoms with Crippen molar-refractivity contribution >= 4 is 23.4 Å². The van der Waals surface area contributed by atoms with E-state index in [4.69, 9.17) is 11.5 Å². The number of rotatable bonds is 4. The van der Waals surface area contributed by atoms with Gasteiger partial charge < -0.3 is 27.0 Å². The van der Waals surface area contributed by atoms with Crippen LogP contribution in [0, 0.1) is 5.92 Å². The number of fused-ring (bicyclic) bond motifs is 1. The summed E-state index contributed by atoms with van der Waals surface area (Å²) in [4.78, 5) is 32.6. The molecule has 24 heavy (non-hydrogen) atoms. The molecular formula is C14H24N6O4. The molecule has 10 heteroatoms. The molecule has 0 saturated carbocycles. The van der Waals surface area contributed by atoms with Crippen LogP contribution in [0.2, 0.25) is 0 Å². The highest BCUT2D eigenvalue weighted by molar-refractivity contribution is 6.00. The normalized spacial score (nSPS) is 21.0. The van der Waals surface area contributed by atoms with Gasteiger partial charge in [-0.1, -0.05) is 13.8 Å². The summed E-state index contributed by atoms with van der Waals surface area (Å²) in [6.45, 7) is 5.04. The van der Waals surface area contributed by atoms with Crippen molar-refractivity contribution in [2.75, 3.05) is 22.5 Å². The molecule has 1 aliphatic rings. The first-order valence-electron chi connectivity index (χ1n) is 7.73. The fraction of sp³-hybridized carbons (Fsp3) is 0.643. The van der Waals surface area contributed by atoms with Crippen molar-refractivity contribution in [3.63, 3.8) is 0 Å². The van der Waals surface area contributed by atoms with Crippen molar-refractivity contribution in [2.45, 2.75) is 45.1 Å². The summed E-state index contributed by atoms with van der Waals surface area (Å²) in [5, 5.41) is 22.9. The number of hydrogen-bond acceptors (Lipinski definition) is 8. The van der Waals surface area contributed by atoms with E-state index in [1.807, 2.05) is 0 Å². The van der Waals surface area contributed by atoms with Crippen LogP contribution in [0.3, 0.4) is 0 Å². The fourth-order valence-corrected chi connectivity index (χ4v) is 2.60. The van der Waals surface area contributed by atoms with E-state index in [1.54, 1.807) is 13.8 Å². The summed E-state index contributed by atoms with van der Waals surface area (Å²) in [5.41, 5.74) is 10.8. The maximum absolute atomic E-state index is 12.8. The summed E-state index contributed by atoms with van der Waals surface area (Å²) in [6.07, 6.45) is -2.38. The Labute approximate surface area is 138 Å². The highest BCUT2D eigenvalue weighted by Crippen LogP contribution is 2.29. The number of aromatic amines is 1. The van der Waals surface area contributed by atoms with Gasteiger partial charge in [0.15, 0.2) is 11.5 Å². The number of nitrogen functional groups attached to an aromatic ring is 1. The molecule has 1 aliphatic heterocycles. The molecule has 1 amide bonds. The van der Waals surface area contributed by atoms with Crippen molar-refractivity contribution in [1.82, 2.24) is 9.97 Å². The predicted molar refractivity (Wildman–Crippen MR) is 89.5 cm³/mol. The summed E-state index contributed by atoms with van der Waals surface area (Å²) < 4.78 is 0. The second-order valence-corrected chi connectivity index (χ2v) is 6.31. The Morgan fingerprint density at radius 3 is 2.54 bits per heavy atom. The third-order valence-corrected chi connectivity index (χ3v) is 4.09. The van der Waals surface area contributed by atoms with Crippen molar-refractivity contribution in [2.24, 2.45) is 11.7 Å². The molecule has 1 aromatic heterocycles. The Morgan fingerprint density at radius 2 is 2.00 bits per heavy atom. The number of aliphatic hydroxyl groups is 2. The maximum atomic E-state index is 12.8. The van der Waals surface area contributed by atoms with Crippen LogP contribution in [0.1, 0.15) is 20.8 Å². The zero-order chi connectivity index (χ0) is 18.2. The third-order valence-electron chi connectivity index (χ3n) is 4.09. The zero-order valence-electron chi connectivity index (χ0n) is 13.9. The van der Waals surface area contributed by atoms with E-state index in [2.05, 4.69) is 15.3 Å². The Morgan fingerprint density at radius 1 is 1.38 bits per heavy atom. The lowest BCUT2D eigenvalue weighted by atomic mass is 9.98. The van der Waals surface area contributed by atoms with E-state index in [0.29, 0.717) is 0 Å². The number of aromatic nitrogens is 2. The summed E-state index contributed by atoms with van der Waals surface area (Å²) in [5.74, 6) is -0.675. The minimum Gasteiger partial charge on any atom is -0.391 e. The molecule has 2 heterocycles. The second-order valence-electron chi connectivity index (χ2n) is 6.31. The van der Waals surface area contributed by atoms with Gasteiger partial charge in [-0.25, -0.2) is 0 Å². The molecule has 8 N–H and O–H groups in total. The van der Waals surface area contributed by atoms with Gasteiger partial charge in [-0.2, -0.15) is 4.98 Å². The van der Waals surface area contributed by atoms with Gasteiger partial charge in [0.1, 0.15) is 6.10 Å². The Bertz CT molecular complexity index is 674. The van der Waals surface area contributed by atoms with Gasteiger partial charge in [-0.05, 0) is 12.8 Å². The van der Waals surface area contributed by atoms with Crippen molar-refractivity contribution in [3.8, 4) is 0 Å². The average molecular weight is 340 g/mol. The van der Waals surface area contributed by atoms with E-state index < -0.39 is 35.8 Å². The van der Waals surface area contributed by atoms with E-state index in [-0.39, 0.29) is 29.9 Å². The molecule has 0 saturated heterocycles. The van der Waals surface area contributed by atoms with Crippen molar-refractivity contribution in [3.05, 3.63) is 10.4 Å². The number of H-pyrrole nitrogens is 1. The summed E-state index contributed by atoms with van der Waals surface area (Å²) in [6, 6.07) is -1.75. The van der Waals surface area contributed by atoms with E-state index >= 15 is 0 Å². The molecule has 10 nitrogen and oxygen atoms in total. The van der Waals surface area contributed by atoms with Crippen LogP contribution in [0.5, 0.6) is 0 Å². The summed E-state index contributed by atoms with van der Waals surface area (Å²) >= 11 is 0. The molecule has 2 rings (SSSR count). The molecule has 4 unspecified atom stereocenters. The molecule has 0 bridgehead atoms. The third kappa shape index (κ3) is 3.21. The van der Waals surface area contributed by atoms with E-state index in [1.165, 1.54) is 6.92 Å². The number of nitrogens with zero attached hydrogens (tertiary/aromatic N) is 2. The number of nitrogens with two attached hydrogens (primary N) is 2. The Kier molecular flexibility index (Phi) is 5.11. The van der Waals surface area contributed by atoms with Gasteiger partial charge >= 0.3 is 0 Å². The summed E-state index contributed by atoms with van der Waals surface area (Å²) in [7, 11) is 0. The second kappa shape index (κ2) is 6.75. The number of aliphatic hydroxyl groups excluding tert-OH is 2. The number of anilines is 3. The zero-order valence-corrected chi connectivity index (χ0v) is 13.9. The molecule has 0 spiro atoms. The van der Waals surface area contributed by atoms with Gasteiger partial charge in [0, 0.05) is 6.54 Å². The Balaban J connectivity index is 2.57. The number of nitrogens with one attached hydrogen (secondary N) is 2. The fourth-order valence-electron chi connectivity index (χ4n) is 2.60. The number of amides is 1. The van der Waals surface area contributed by atoms with Crippen molar-refractivity contribution < 1.29 is 15.0 Å². The van der Waals surface area contributed by atoms with Gasteiger partial charge in [-0.3, -0.25) is 19.5 Å². The molecule has 134 valence electrons. The maximum Gasteiger partial charge on any atom is 0.278 e. The molecule has 1 aromatic rings. The smallest absolute Gasteiger partial charge is 0.278 e. The van der Waals surface area contributed by atoms with Gasteiger partial charge in [0.05, 0.1) is 18.2 Å². The number of carbonyl (C=O) groups excluding carboxylic acids is 1. The lowest BCUT2D eigenvalue weighted by Gasteiger charge is -2.41. The first kappa shape index (κ1) is 18.2. The topological polar surface area (TPSA) is 171 Å². The SMILES string of the molecule is CC(C)C(N)C(=O)N1c2c(nc(N)[nH]c2=O)NCC1C(O)C(C)O. The molecule has 4 atom stereocenters. The molecule has 0 aromatic carbocycles. The van der Waals surface area contributed by atoms with Crippen LogP contribution in [0.25, 0.3) is 0 Å². The number of carbonyl (C=O) groups is 1. The quantitative estimate of drug-likeness (QED) is 0.373. The molecular weight excluding hydrogens is 316 g/mol. The monoisotopic (exact) mass is 340 g/mol. The van der Waals surface area contributed by atoms with E-state index in [0.717, 1.165) is 4.90 Å². The average Bonchev–Trinajstić information content (AvgIpc) is 2.51. The van der Waals surface area contributed by atoms with Gasteiger partial charge in [0.2, 0.25) is 11.9 Å². The van der Waals surface area contributed by atoms with Gasteiger partial charge in [-0.15, -0.1) is 0 Å². The largest absolute Gasteiger partial charge is 0.391 e. The minimum atomic E-state index is -1.27. The predicted octanol–water partition coefficient (Wildman–Crippen LogP) is -1.80. The van der Waals surface area contributed by atoms with Crippen LogP contribution < -0.4 is 27.2 Å². The van der Waals surface area contributed by atoms with Crippen LogP contribution in [-0.4, -0.2) is 56.9 Å². The van der Waals surface area contributed by atoms with E-state index in [9.17, 15) is 19.8 Å². The first-order chi connectivity index (χ1) is 11.1.